The molecule has 1 spiro atoms. The van der Waals surface area contributed by atoms with Gasteiger partial charge in [0, 0.05) is 76.0 Å². The molecule has 0 unspecified atom stereocenters. The number of aryl methyl sites for hydroxylation is 2. The van der Waals surface area contributed by atoms with Crippen molar-refractivity contribution in [1.82, 2.24) is 29.5 Å². The van der Waals surface area contributed by atoms with Gasteiger partial charge in [0.25, 0.3) is 5.92 Å². The Hall–Kier alpha value is -4.45. The number of amidine groups is 1. The first-order valence-corrected chi connectivity index (χ1v) is 16.8. The van der Waals surface area contributed by atoms with Crippen molar-refractivity contribution >= 4 is 28.9 Å². The molecule has 2 amide bonds. The number of likely N-dealkylation sites (tertiary alicyclic amines) is 2. The van der Waals surface area contributed by atoms with E-state index >= 15 is 0 Å². The lowest BCUT2D eigenvalue weighted by atomic mass is 9.85. The van der Waals surface area contributed by atoms with Crippen molar-refractivity contribution in [3.8, 4) is 11.4 Å². The van der Waals surface area contributed by atoms with E-state index in [0.29, 0.717) is 63.5 Å². The Morgan fingerprint density at radius 1 is 0.938 bits per heavy atom. The van der Waals surface area contributed by atoms with Crippen molar-refractivity contribution in [3.63, 3.8) is 0 Å². The molecular formula is C36H42F2N8O2. The molecule has 3 fully saturated rings. The van der Waals surface area contributed by atoms with Crippen molar-refractivity contribution in [1.29, 1.82) is 5.41 Å². The monoisotopic (exact) mass is 656 g/mol. The second-order valence-corrected chi connectivity index (χ2v) is 13.8. The summed E-state index contributed by atoms with van der Waals surface area (Å²) in [6.45, 7) is 5.53. The third kappa shape index (κ3) is 6.25. The van der Waals surface area contributed by atoms with E-state index in [9.17, 15) is 18.4 Å². The van der Waals surface area contributed by atoms with E-state index in [1.54, 1.807) is 15.9 Å². The number of halogens is 2. The second kappa shape index (κ2) is 12.5. The molecule has 1 atom stereocenters. The number of nitrogens with zero attached hydrogens (tertiary/aromatic N) is 7. The van der Waals surface area contributed by atoms with Crippen molar-refractivity contribution in [2.24, 2.45) is 12.5 Å². The maximum absolute atomic E-state index is 13.9. The molecule has 10 nitrogen and oxygen atoms in total. The molecule has 0 bridgehead atoms. The van der Waals surface area contributed by atoms with E-state index in [4.69, 9.17) is 5.41 Å². The van der Waals surface area contributed by atoms with Gasteiger partial charge in [-0.15, -0.1) is 0 Å². The minimum absolute atomic E-state index is 0.0618. The summed E-state index contributed by atoms with van der Waals surface area (Å²) in [6.07, 6.45) is 5.51. The van der Waals surface area contributed by atoms with Crippen LogP contribution in [0.25, 0.3) is 17.0 Å². The summed E-state index contributed by atoms with van der Waals surface area (Å²) in [5.41, 5.74) is 5.09. The highest BCUT2D eigenvalue weighted by Crippen LogP contribution is 2.43. The maximum atomic E-state index is 13.9. The quantitative estimate of drug-likeness (QED) is 0.308. The van der Waals surface area contributed by atoms with Crippen LogP contribution in [0.5, 0.6) is 0 Å². The van der Waals surface area contributed by atoms with Gasteiger partial charge in [0.1, 0.15) is 12.2 Å². The van der Waals surface area contributed by atoms with Crippen LogP contribution in [-0.2, 0) is 16.6 Å². The summed E-state index contributed by atoms with van der Waals surface area (Å²) in [4.78, 5) is 39.1. The van der Waals surface area contributed by atoms with Crippen LogP contribution in [0.4, 0.5) is 14.5 Å². The van der Waals surface area contributed by atoms with E-state index in [1.807, 2.05) is 54.1 Å². The van der Waals surface area contributed by atoms with Crippen LogP contribution in [0.3, 0.4) is 0 Å². The van der Waals surface area contributed by atoms with E-state index in [0.717, 1.165) is 28.8 Å². The molecule has 12 heteroatoms. The highest BCUT2D eigenvalue weighted by Gasteiger charge is 2.51. The Balaban J connectivity index is 0.942. The van der Waals surface area contributed by atoms with E-state index in [-0.39, 0.29) is 43.6 Å². The number of nitrogens with one attached hydrogen (secondary N) is 1. The van der Waals surface area contributed by atoms with Gasteiger partial charge in [0.2, 0.25) is 11.8 Å². The SMILES string of the molecule is Cc1ccc(N2CC[C@]3(CCN(CC(=O)N4CC=C(c5ccc(-c6ncn(C)n6)cc5)CC4)C3)C2=O)cc1C(=N)N1CCC(F)(F)CC1. The van der Waals surface area contributed by atoms with Crippen LogP contribution in [0.1, 0.15) is 48.8 Å². The van der Waals surface area contributed by atoms with Gasteiger partial charge in [0.15, 0.2) is 5.82 Å². The van der Waals surface area contributed by atoms with Crippen LogP contribution >= 0.6 is 0 Å². The zero-order chi connectivity index (χ0) is 33.6. The summed E-state index contributed by atoms with van der Waals surface area (Å²) >= 11 is 0. The van der Waals surface area contributed by atoms with Crippen LogP contribution in [0.2, 0.25) is 0 Å². The van der Waals surface area contributed by atoms with Gasteiger partial charge >= 0.3 is 0 Å². The molecule has 2 aromatic carbocycles. The summed E-state index contributed by atoms with van der Waals surface area (Å²) in [5, 5.41) is 13.1. The largest absolute Gasteiger partial charge is 0.356 e. The lowest BCUT2D eigenvalue weighted by molar-refractivity contribution is -0.132. The smallest absolute Gasteiger partial charge is 0.251 e. The zero-order valence-electron chi connectivity index (χ0n) is 27.6. The normalized spacial score (nSPS) is 22.9. The Kier molecular flexibility index (Phi) is 8.39. The fourth-order valence-electron chi connectivity index (χ4n) is 7.55. The first kappa shape index (κ1) is 32.1. The Bertz CT molecular complexity index is 1760. The highest BCUT2D eigenvalue weighted by atomic mass is 19.3. The molecule has 7 rings (SSSR count). The Morgan fingerprint density at radius 2 is 1.67 bits per heavy atom. The maximum Gasteiger partial charge on any atom is 0.251 e. The number of alkyl halides is 2. The molecule has 4 aliphatic rings. The summed E-state index contributed by atoms with van der Waals surface area (Å²) in [5.74, 6) is -1.61. The summed E-state index contributed by atoms with van der Waals surface area (Å²) < 4.78 is 29.1. The van der Waals surface area contributed by atoms with Crippen molar-refractivity contribution in [2.75, 3.05) is 57.3 Å². The van der Waals surface area contributed by atoms with E-state index in [2.05, 4.69) is 33.2 Å². The number of amides is 2. The highest BCUT2D eigenvalue weighted by molar-refractivity contribution is 6.03. The number of carbonyl (C=O) groups excluding carboxylic acids is 2. The molecule has 5 heterocycles. The minimum Gasteiger partial charge on any atom is -0.356 e. The first-order valence-electron chi connectivity index (χ1n) is 16.8. The Labute approximate surface area is 279 Å². The third-order valence-corrected chi connectivity index (χ3v) is 10.6. The molecule has 0 radical (unpaired) electrons. The number of aromatic nitrogens is 3. The predicted octanol–water partition coefficient (Wildman–Crippen LogP) is 4.59. The van der Waals surface area contributed by atoms with Crippen molar-refractivity contribution in [2.45, 2.75) is 45.0 Å². The van der Waals surface area contributed by atoms with Gasteiger partial charge in [-0.2, -0.15) is 5.10 Å². The fraction of sp³-hybridized carbons (Fsp3) is 0.472. The van der Waals surface area contributed by atoms with Gasteiger partial charge in [-0.25, -0.2) is 13.8 Å². The number of piperidine rings is 1. The van der Waals surface area contributed by atoms with Gasteiger partial charge in [-0.3, -0.25) is 24.6 Å². The lowest BCUT2D eigenvalue weighted by Gasteiger charge is -2.34. The number of benzene rings is 2. The number of hydrogen-bond donors (Lipinski definition) is 1. The van der Waals surface area contributed by atoms with Gasteiger partial charge < -0.3 is 14.7 Å². The van der Waals surface area contributed by atoms with Crippen LogP contribution in [0, 0.1) is 17.7 Å². The standard InChI is InChI=1S/C36H42F2N8O2/c1-25-3-8-29(21-30(25)32(39)45-18-13-36(37,38)14-19-45)46-20-12-35(34(46)48)11-17-43(23-35)22-31(47)44-15-9-27(10-16-44)26-4-6-28(7-5-26)33-40-24-42(2)41-33/h3-9,21,24,39H,10-20,22-23H2,1-2H3/t35-/m0/s1. The molecule has 1 aromatic heterocycles. The first-order chi connectivity index (χ1) is 23.0. The molecule has 3 saturated heterocycles. The molecule has 252 valence electrons. The molecule has 0 aliphatic carbocycles. The Morgan fingerprint density at radius 3 is 2.35 bits per heavy atom. The van der Waals surface area contributed by atoms with Crippen molar-refractivity contribution < 1.29 is 18.4 Å². The molecular weight excluding hydrogens is 614 g/mol. The second-order valence-electron chi connectivity index (χ2n) is 13.8. The number of carbonyl (C=O) groups is 2. The summed E-state index contributed by atoms with van der Waals surface area (Å²) in [7, 11) is 1.85. The van der Waals surface area contributed by atoms with E-state index in [1.165, 1.54) is 5.57 Å². The van der Waals surface area contributed by atoms with Crippen molar-refractivity contribution in [3.05, 3.63) is 71.6 Å². The number of anilines is 1. The molecule has 48 heavy (non-hydrogen) atoms. The van der Waals surface area contributed by atoms with Crippen LogP contribution < -0.4 is 4.90 Å². The van der Waals surface area contributed by atoms with Crippen LogP contribution in [0.15, 0.2) is 54.9 Å². The fourth-order valence-corrected chi connectivity index (χ4v) is 7.55. The zero-order valence-corrected chi connectivity index (χ0v) is 27.6. The average molecular weight is 657 g/mol. The molecule has 1 N–H and O–H groups in total. The van der Waals surface area contributed by atoms with Gasteiger partial charge in [-0.05, 0) is 61.6 Å². The average Bonchev–Trinajstić information content (AvgIpc) is 3.80. The number of rotatable bonds is 6. The topological polar surface area (TPSA) is 102 Å². The van der Waals surface area contributed by atoms with E-state index < -0.39 is 11.3 Å². The minimum atomic E-state index is -2.68. The predicted molar refractivity (Wildman–Crippen MR) is 180 cm³/mol. The van der Waals surface area contributed by atoms with Gasteiger partial charge in [0.05, 0.1) is 12.0 Å². The molecule has 0 saturated carbocycles. The van der Waals surface area contributed by atoms with Gasteiger partial charge in [-0.1, -0.05) is 36.4 Å². The third-order valence-electron chi connectivity index (χ3n) is 10.6. The summed E-state index contributed by atoms with van der Waals surface area (Å²) in [6, 6.07) is 13.9. The number of hydrogen-bond acceptors (Lipinski definition) is 6. The molecule has 4 aliphatic heterocycles. The lowest BCUT2D eigenvalue weighted by Crippen LogP contribution is -2.43. The molecule has 3 aromatic rings. The van der Waals surface area contributed by atoms with Crippen LogP contribution in [-0.4, -0.2) is 105 Å².